The van der Waals surface area contributed by atoms with E-state index in [1.807, 2.05) is 37.3 Å². The number of piperazine rings is 1. The molecular formula is C21H22N4O. The van der Waals surface area contributed by atoms with Gasteiger partial charge in [0.15, 0.2) is 0 Å². The Labute approximate surface area is 152 Å². The lowest BCUT2D eigenvalue weighted by Gasteiger charge is -2.36. The molecule has 2 heterocycles. The molecule has 5 heteroatoms. The van der Waals surface area contributed by atoms with E-state index in [9.17, 15) is 4.79 Å². The maximum atomic E-state index is 12.2. The molecule has 2 aromatic carbocycles. The van der Waals surface area contributed by atoms with Crippen molar-refractivity contribution in [2.75, 3.05) is 36.0 Å². The van der Waals surface area contributed by atoms with Crippen LogP contribution in [0.4, 0.5) is 11.6 Å². The second-order valence-corrected chi connectivity index (χ2v) is 6.58. The molecule has 0 atom stereocenters. The van der Waals surface area contributed by atoms with Gasteiger partial charge in [-0.05, 0) is 24.6 Å². The van der Waals surface area contributed by atoms with E-state index in [0.717, 1.165) is 43.0 Å². The Morgan fingerprint density at radius 3 is 2.27 bits per heavy atom. The molecule has 0 spiro atoms. The van der Waals surface area contributed by atoms with E-state index in [4.69, 9.17) is 4.98 Å². The van der Waals surface area contributed by atoms with Crippen molar-refractivity contribution in [3.8, 4) is 11.3 Å². The summed E-state index contributed by atoms with van der Waals surface area (Å²) in [7, 11) is 0. The van der Waals surface area contributed by atoms with Crippen LogP contribution < -0.4 is 15.4 Å². The fraction of sp³-hybridized carbons (Fsp3) is 0.238. The molecule has 1 aromatic heterocycles. The standard InChI is InChI=1S/C21H22N4O/c1-16-7-5-6-10-18(16)19-15-20(26)23-21(22-19)25-13-11-24(12-14-25)17-8-3-2-4-9-17/h2-10,15H,11-14H2,1H3,(H,22,23,26). The summed E-state index contributed by atoms with van der Waals surface area (Å²) in [6.45, 7) is 5.51. The first-order chi connectivity index (χ1) is 12.7. The molecule has 0 aliphatic carbocycles. The summed E-state index contributed by atoms with van der Waals surface area (Å²) in [5.41, 5.74) is 3.97. The molecule has 1 N–H and O–H groups in total. The van der Waals surface area contributed by atoms with E-state index < -0.39 is 0 Å². The van der Waals surface area contributed by atoms with Crippen molar-refractivity contribution >= 4 is 11.6 Å². The van der Waals surface area contributed by atoms with Gasteiger partial charge in [0, 0.05) is 43.5 Å². The Morgan fingerprint density at radius 1 is 0.885 bits per heavy atom. The lowest BCUT2D eigenvalue weighted by Crippen LogP contribution is -2.47. The molecule has 0 saturated carbocycles. The number of aromatic amines is 1. The fourth-order valence-corrected chi connectivity index (χ4v) is 3.41. The molecule has 0 unspecified atom stereocenters. The van der Waals surface area contributed by atoms with Crippen LogP contribution in [0.15, 0.2) is 65.5 Å². The van der Waals surface area contributed by atoms with Gasteiger partial charge in [0.05, 0.1) is 5.69 Å². The van der Waals surface area contributed by atoms with Crippen LogP contribution in [-0.2, 0) is 0 Å². The molecule has 0 bridgehead atoms. The second-order valence-electron chi connectivity index (χ2n) is 6.58. The summed E-state index contributed by atoms with van der Waals surface area (Å²) >= 11 is 0. The highest BCUT2D eigenvalue weighted by atomic mass is 16.1. The van der Waals surface area contributed by atoms with E-state index in [1.54, 1.807) is 6.07 Å². The van der Waals surface area contributed by atoms with E-state index in [1.165, 1.54) is 5.69 Å². The van der Waals surface area contributed by atoms with Gasteiger partial charge in [-0.3, -0.25) is 9.78 Å². The third kappa shape index (κ3) is 3.33. The summed E-state index contributed by atoms with van der Waals surface area (Å²) in [6, 6.07) is 20.0. The molecule has 1 aliphatic rings. The number of hydrogen-bond donors (Lipinski definition) is 1. The molecule has 5 nitrogen and oxygen atoms in total. The molecule has 132 valence electrons. The maximum Gasteiger partial charge on any atom is 0.252 e. The highest BCUT2D eigenvalue weighted by Gasteiger charge is 2.19. The number of H-pyrrole nitrogens is 1. The number of anilines is 2. The molecule has 4 rings (SSSR count). The minimum Gasteiger partial charge on any atom is -0.368 e. The first kappa shape index (κ1) is 16.4. The molecule has 0 amide bonds. The number of aromatic nitrogens is 2. The Morgan fingerprint density at radius 2 is 1.54 bits per heavy atom. The number of rotatable bonds is 3. The van der Waals surface area contributed by atoms with Gasteiger partial charge in [0.25, 0.3) is 5.56 Å². The van der Waals surface area contributed by atoms with Crippen LogP contribution in [-0.4, -0.2) is 36.1 Å². The minimum absolute atomic E-state index is 0.112. The topological polar surface area (TPSA) is 52.2 Å². The van der Waals surface area contributed by atoms with Gasteiger partial charge in [0.2, 0.25) is 5.95 Å². The summed E-state index contributed by atoms with van der Waals surface area (Å²) in [5, 5.41) is 0. The van der Waals surface area contributed by atoms with Gasteiger partial charge < -0.3 is 9.80 Å². The van der Waals surface area contributed by atoms with Gasteiger partial charge >= 0.3 is 0 Å². The first-order valence-corrected chi connectivity index (χ1v) is 8.93. The second kappa shape index (κ2) is 7.04. The van der Waals surface area contributed by atoms with Crippen molar-refractivity contribution in [1.82, 2.24) is 9.97 Å². The number of benzene rings is 2. The number of para-hydroxylation sites is 1. The zero-order valence-electron chi connectivity index (χ0n) is 14.9. The van der Waals surface area contributed by atoms with Crippen LogP contribution >= 0.6 is 0 Å². The van der Waals surface area contributed by atoms with Crippen molar-refractivity contribution in [1.29, 1.82) is 0 Å². The van der Waals surface area contributed by atoms with Gasteiger partial charge in [-0.2, -0.15) is 0 Å². The third-order valence-corrected chi connectivity index (χ3v) is 4.85. The van der Waals surface area contributed by atoms with Crippen molar-refractivity contribution in [3.05, 3.63) is 76.6 Å². The minimum atomic E-state index is -0.112. The lowest BCUT2D eigenvalue weighted by molar-refractivity contribution is 0.639. The van der Waals surface area contributed by atoms with Crippen LogP contribution in [0.2, 0.25) is 0 Å². The van der Waals surface area contributed by atoms with Crippen LogP contribution in [0.3, 0.4) is 0 Å². The van der Waals surface area contributed by atoms with E-state index in [2.05, 4.69) is 39.0 Å². The summed E-state index contributed by atoms with van der Waals surface area (Å²) in [4.78, 5) is 24.3. The monoisotopic (exact) mass is 346 g/mol. The number of nitrogens with one attached hydrogen (secondary N) is 1. The average molecular weight is 346 g/mol. The van der Waals surface area contributed by atoms with Crippen LogP contribution in [0.5, 0.6) is 0 Å². The van der Waals surface area contributed by atoms with Crippen molar-refractivity contribution in [2.24, 2.45) is 0 Å². The normalized spacial score (nSPS) is 14.5. The third-order valence-electron chi connectivity index (χ3n) is 4.85. The summed E-state index contributed by atoms with van der Waals surface area (Å²) in [6.07, 6.45) is 0. The highest BCUT2D eigenvalue weighted by Crippen LogP contribution is 2.22. The number of nitrogens with zero attached hydrogens (tertiary/aromatic N) is 3. The molecule has 26 heavy (non-hydrogen) atoms. The lowest BCUT2D eigenvalue weighted by atomic mass is 10.1. The van der Waals surface area contributed by atoms with E-state index >= 15 is 0 Å². The SMILES string of the molecule is Cc1ccccc1-c1cc(=O)[nH]c(N2CCN(c3ccccc3)CC2)n1. The van der Waals surface area contributed by atoms with Crippen LogP contribution in [0, 0.1) is 6.92 Å². The maximum absolute atomic E-state index is 12.2. The zero-order chi connectivity index (χ0) is 17.9. The van der Waals surface area contributed by atoms with Gasteiger partial charge in [0.1, 0.15) is 0 Å². The molecule has 0 radical (unpaired) electrons. The van der Waals surface area contributed by atoms with E-state index in [0.29, 0.717) is 5.95 Å². The average Bonchev–Trinajstić information content (AvgIpc) is 2.69. The zero-order valence-corrected chi connectivity index (χ0v) is 14.9. The Balaban J connectivity index is 1.56. The van der Waals surface area contributed by atoms with Crippen molar-refractivity contribution in [2.45, 2.75) is 6.92 Å². The van der Waals surface area contributed by atoms with Crippen LogP contribution in [0.1, 0.15) is 5.56 Å². The van der Waals surface area contributed by atoms with Crippen molar-refractivity contribution < 1.29 is 0 Å². The Kier molecular flexibility index (Phi) is 4.44. The predicted octanol–water partition coefficient (Wildman–Crippen LogP) is 3.07. The van der Waals surface area contributed by atoms with Gasteiger partial charge in [-0.15, -0.1) is 0 Å². The van der Waals surface area contributed by atoms with Gasteiger partial charge in [-0.1, -0.05) is 42.5 Å². The number of aryl methyl sites for hydroxylation is 1. The van der Waals surface area contributed by atoms with E-state index in [-0.39, 0.29) is 5.56 Å². The Bertz CT molecular complexity index is 943. The van der Waals surface area contributed by atoms with Crippen molar-refractivity contribution in [3.63, 3.8) is 0 Å². The largest absolute Gasteiger partial charge is 0.368 e. The van der Waals surface area contributed by atoms with Crippen LogP contribution in [0.25, 0.3) is 11.3 Å². The molecular weight excluding hydrogens is 324 g/mol. The smallest absolute Gasteiger partial charge is 0.252 e. The van der Waals surface area contributed by atoms with Gasteiger partial charge in [-0.25, -0.2) is 4.98 Å². The number of hydrogen-bond acceptors (Lipinski definition) is 4. The summed E-state index contributed by atoms with van der Waals surface area (Å²) in [5.74, 6) is 0.656. The molecule has 1 aliphatic heterocycles. The molecule has 3 aromatic rings. The first-order valence-electron chi connectivity index (χ1n) is 8.93. The summed E-state index contributed by atoms with van der Waals surface area (Å²) < 4.78 is 0. The highest BCUT2D eigenvalue weighted by molar-refractivity contribution is 5.64. The molecule has 1 saturated heterocycles. The fourth-order valence-electron chi connectivity index (χ4n) is 3.41. The Hall–Kier alpha value is -3.08. The quantitative estimate of drug-likeness (QED) is 0.792. The predicted molar refractivity (Wildman–Crippen MR) is 106 cm³/mol. The molecule has 1 fully saturated rings.